The summed E-state index contributed by atoms with van der Waals surface area (Å²) in [6, 6.07) is 1.59. The van der Waals surface area contributed by atoms with Gasteiger partial charge in [-0.2, -0.15) is 13.1 Å². The molecule has 1 aliphatic rings. The Hall–Kier alpha value is -1.42. The van der Waals surface area contributed by atoms with Crippen LogP contribution in [-0.4, -0.2) is 39.6 Å². The molecule has 124 valence electrons. The molecule has 0 radical (unpaired) electrons. The van der Waals surface area contributed by atoms with E-state index in [-0.39, 0.29) is 18.0 Å². The van der Waals surface area contributed by atoms with Crippen LogP contribution in [0.4, 0.5) is 10.2 Å². The van der Waals surface area contributed by atoms with Crippen LogP contribution in [0.25, 0.3) is 5.57 Å². The lowest BCUT2D eigenvalue weighted by Crippen LogP contribution is -2.43. The number of anilines is 1. The molecular weight excluding hydrogens is 309 g/mol. The highest BCUT2D eigenvalue weighted by Gasteiger charge is 2.17. The van der Waals surface area contributed by atoms with E-state index in [1.165, 1.54) is 0 Å². The monoisotopic (exact) mass is 331 g/mol. The van der Waals surface area contributed by atoms with Crippen molar-refractivity contribution in [1.82, 2.24) is 19.7 Å². The molecule has 6 N–H and O–H groups in total. The summed E-state index contributed by atoms with van der Waals surface area (Å²) in [6.07, 6.45) is 3.95. The highest BCUT2D eigenvalue weighted by Crippen LogP contribution is 2.19. The highest BCUT2D eigenvalue weighted by atomic mass is 32.2. The van der Waals surface area contributed by atoms with Crippen molar-refractivity contribution in [3.05, 3.63) is 24.2 Å². The van der Waals surface area contributed by atoms with Gasteiger partial charge in [0.05, 0.1) is 6.33 Å². The van der Waals surface area contributed by atoms with E-state index in [4.69, 9.17) is 5.73 Å². The van der Waals surface area contributed by atoms with Gasteiger partial charge in [-0.3, -0.25) is 0 Å². The van der Waals surface area contributed by atoms with E-state index in [1.54, 1.807) is 12.3 Å². The number of piperidine rings is 1. The zero-order valence-electron chi connectivity index (χ0n) is 12.2. The molecule has 0 spiro atoms. The van der Waals surface area contributed by atoms with Gasteiger partial charge in [0.25, 0.3) is 10.2 Å². The number of nitrogen functional groups attached to an aromatic ring is 1. The minimum absolute atomic E-state index is 0.170. The predicted octanol–water partition coefficient (Wildman–Crippen LogP) is 0.331. The first kappa shape index (κ1) is 16.9. The van der Waals surface area contributed by atoms with Gasteiger partial charge < -0.3 is 16.0 Å². The van der Waals surface area contributed by atoms with Crippen molar-refractivity contribution in [2.75, 3.05) is 31.9 Å². The third kappa shape index (κ3) is 4.80. The number of nitrogens with one attached hydrogen (secondary N) is 4. The Morgan fingerprint density at radius 3 is 2.91 bits per heavy atom. The van der Waals surface area contributed by atoms with E-state index in [2.05, 4.69) is 19.7 Å². The van der Waals surface area contributed by atoms with Gasteiger partial charge >= 0.3 is 0 Å². The first-order valence-corrected chi connectivity index (χ1v) is 8.67. The fourth-order valence-corrected chi connectivity index (χ4v) is 3.31. The van der Waals surface area contributed by atoms with E-state index >= 15 is 0 Å². The molecule has 0 aliphatic carbocycles. The minimum Gasteiger partial charge on any atom is -0.385 e. The van der Waals surface area contributed by atoms with Crippen LogP contribution in [0, 0.1) is 5.92 Å². The summed E-state index contributed by atoms with van der Waals surface area (Å²) in [5.41, 5.74) is 6.27. The van der Waals surface area contributed by atoms with Crippen molar-refractivity contribution >= 4 is 21.6 Å². The summed E-state index contributed by atoms with van der Waals surface area (Å²) in [6.45, 7) is 1.97. The molecule has 0 amide bonds. The molecule has 0 aromatic carbocycles. The van der Waals surface area contributed by atoms with Crippen molar-refractivity contribution in [3.8, 4) is 0 Å². The molecular formula is C13H22FN5O2S. The van der Waals surface area contributed by atoms with Crippen molar-refractivity contribution < 1.29 is 12.8 Å². The summed E-state index contributed by atoms with van der Waals surface area (Å²) in [4.78, 5) is 2.72. The van der Waals surface area contributed by atoms with Crippen LogP contribution in [0.2, 0.25) is 0 Å². The smallest absolute Gasteiger partial charge is 0.277 e. The molecule has 1 aromatic rings. The van der Waals surface area contributed by atoms with E-state index in [1.807, 2.05) is 0 Å². The lowest BCUT2D eigenvalue weighted by molar-refractivity contribution is 0.375. The Bertz CT molecular complexity index is 608. The van der Waals surface area contributed by atoms with Crippen LogP contribution < -0.4 is 20.5 Å². The van der Waals surface area contributed by atoms with Crippen molar-refractivity contribution in [1.29, 1.82) is 0 Å². The topological polar surface area (TPSA) is 112 Å². The van der Waals surface area contributed by atoms with Gasteiger partial charge in [0.15, 0.2) is 0 Å². The molecule has 1 saturated heterocycles. The van der Waals surface area contributed by atoms with Crippen LogP contribution in [0.1, 0.15) is 18.4 Å². The molecule has 1 unspecified atom stereocenters. The molecule has 7 nitrogen and oxygen atoms in total. The van der Waals surface area contributed by atoms with Crippen LogP contribution in [0.5, 0.6) is 0 Å². The molecule has 0 bridgehead atoms. The fourth-order valence-electron chi connectivity index (χ4n) is 2.40. The maximum atomic E-state index is 13.0. The molecule has 0 saturated carbocycles. The molecule has 1 fully saturated rings. The van der Waals surface area contributed by atoms with E-state index < -0.39 is 10.2 Å². The molecule has 1 aliphatic heterocycles. The maximum absolute atomic E-state index is 13.0. The SMILES string of the molecule is Nc1[nH]ccc1/C(=C\F)CNS(=O)(=O)NCC1CCCNC1. The van der Waals surface area contributed by atoms with Crippen LogP contribution in [0.3, 0.4) is 0 Å². The number of H-pyrrole nitrogens is 1. The number of halogens is 1. The third-order valence-electron chi connectivity index (χ3n) is 3.67. The summed E-state index contributed by atoms with van der Waals surface area (Å²) < 4.78 is 41.6. The molecule has 1 aromatic heterocycles. The Labute approximate surface area is 129 Å². The summed E-state index contributed by atoms with van der Waals surface area (Å²) in [5, 5.41) is 3.22. The van der Waals surface area contributed by atoms with Crippen LogP contribution in [0.15, 0.2) is 18.6 Å². The summed E-state index contributed by atoms with van der Waals surface area (Å²) in [7, 11) is -3.68. The summed E-state index contributed by atoms with van der Waals surface area (Å²) in [5.74, 6) is 0.575. The number of hydrogen-bond acceptors (Lipinski definition) is 4. The first-order valence-electron chi connectivity index (χ1n) is 7.19. The highest BCUT2D eigenvalue weighted by molar-refractivity contribution is 7.87. The second-order valence-corrected chi connectivity index (χ2v) is 6.91. The second-order valence-electron chi connectivity index (χ2n) is 5.32. The quantitative estimate of drug-likeness (QED) is 0.496. The normalized spacial score (nSPS) is 20.2. The van der Waals surface area contributed by atoms with Crippen molar-refractivity contribution in [2.24, 2.45) is 5.92 Å². The Morgan fingerprint density at radius 1 is 1.50 bits per heavy atom. The zero-order chi connectivity index (χ0) is 16.0. The molecule has 1 atom stereocenters. The average molecular weight is 331 g/mol. The Morgan fingerprint density at radius 2 is 2.32 bits per heavy atom. The minimum atomic E-state index is -3.68. The van der Waals surface area contributed by atoms with Gasteiger partial charge in [-0.1, -0.05) is 0 Å². The zero-order valence-corrected chi connectivity index (χ0v) is 13.0. The van der Waals surface area contributed by atoms with Gasteiger partial charge in [0.1, 0.15) is 5.82 Å². The van der Waals surface area contributed by atoms with Gasteiger partial charge in [0.2, 0.25) is 0 Å². The first-order chi connectivity index (χ1) is 10.5. The molecule has 22 heavy (non-hydrogen) atoms. The van der Waals surface area contributed by atoms with Gasteiger partial charge in [-0.15, -0.1) is 0 Å². The lowest BCUT2D eigenvalue weighted by atomic mass is 10.0. The van der Waals surface area contributed by atoms with Crippen molar-refractivity contribution in [3.63, 3.8) is 0 Å². The Kier molecular flexibility index (Phi) is 5.95. The van der Waals surface area contributed by atoms with E-state index in [9.17, 15) is 12.8 Å². The van der Waals surface area contributed by atoms with Crippen LogP contribution >= 0.6 is 0 Å². The fraction of sp³-hybridized carbons (Fsp3) is 0.538. The molecule has 2 rings (SSSR count). The molecule has 9 heteroatoms. The number of rotatable bonds is 7. The largest absolute Gasteiger partial charge is 0.385 e. The van der Waals surface area contributed by atoms with Crippen molar-refractivity contribution in [2.45, 2.75) is 12.8 Å². The predicted molar refractivity (Wildman–Crippen MR) is 84.8 cm³/mol. The van der Waals surface area contributed by atoms with Gasteiger partial charge in [-0.05, 0) is 37.9 Å². The van der Waals surface area contributed by atoms with Crippen LogP contribution in [-0.2, 0) is 10.2 Å². The third-order valence-corrected chi connectivity index (χ3v) is 4.74. The van der Waals surface area contributed by atoms with Gasteiger partial charge in [-0.25, -0.2) is 9.11 Å². The average Bonchev–Trinajstić information content (AvgIpc) is 2.93. The number of aromatic amines is 1. The number of aromatic nitrogens is 1. The standard InChI is InChI=1S/C13H22FN5O2S/c14-6-11(12-3-5-17-13(12)15)9-19-22(20,21)18-8-10-2-1-4-16-7-10/h3,5-6,10,16-19H,1-2,4,7-9,15H2/b11-6-. The Balaban J connectivity index is 1.84. The number of hydrogen-bond donors (Lipinski definition) is 5. The maximum Gasteiger partial charge on any atom is 0.277 e. The van der Waals surface area contributed by atoms with Gasteiger partial charge in [0, 0.05) is 30.4 Å². The van der Waals surface area contributed by atoms with E-state index in [0.717, 1.165) is 25.9 Å². The van der Waals surface area contributed by atoms with E-state index in [0.29, 0.717) is 24.3 Å². The molecule has 2 heterocycles. The summed E-state index contributed by atoms with van der Waals surface area (Å²) >= 11 is 0. The second kappa shape index (κ2) is 7.73. The lowest BCUT2D eigenvalue weighted by Gasteiger charge is -2.22. The number of nitrogens with two attached hydrogens (primary N) is 1.